The number of piperazine rings is 1. The van der Waals surface area contributed by atoms with Crippen LogP contribution >= 0.6 is 0 Å². The molecule has 1 amide bonds. The number of nitrogens with two attached hydrogens (primary N) is 1. The normalized spacial score (nSPS) is 26.6. The SMILES string of the molecule is CC1CN2CCCC2CN1Cc1ccccc1C(=O)NN. The second-order valence-electron chi connectivity index (χ2n) is 6.20. The first kappa shape index (κ1) is 14.5. The average molecular weight is 288 g/mol. The molecule has 0 radical (unpaired) electrons. The Morgan fingerprint density at radius 1 is 1.38 bits per heavy atom. The summed E-state index contributed by atoms with van der Waals surface area (Å²) in [5, 5.41) is 0. The number of carbonyl (C=O) groups excluding carboxylic acids is 1. The zero-order valence-electron chi connectivity index (χ0n) is 12.6. The maximum Gasteiger partial charge on any atom is 0.265 e. The van der Waals surface area contributed by atoms with E-state index < -0.39 is 0 Å². The molecule has 2 atom stereocenters. The van der Waals surface area contributed by atoms with Gasteiger partial charge in [-0.05, 0) is 37.9 Å². The van der Waals surface area contributed by atoms with Crippen LogP contribution in [-0.4, -0.2) is 47.4 Å². The molecule has 0 spiro atoms. The Bertz CT molecular complexity index is 519. The van der Waals surface area contributed by atoms with Gasteiger partial charge in [0.25, 0.3) is 5.91 Å². The predicted octanol–water partition coefficient (Wildman–Crippen LogP) is 0.959. The maximum absolute atomic E-state index is 11.9. The largest absolute Gasteiger partial charge is 0.298 e. The van der Waals surface area contributed by atoms with E-state index in [-0.39, 0.29) is 5.91 Å². The van der Waals surface area contributed by atoms with E-state index in [1.54, 1.807) is 0 Å². The molecule has 114 valence electrons. The molecule has 2 fully saturated rings. The number of nitrogens with one attached hydrogen (secondary N) is 1. The van der Waals surface area contributed by atoms with Crippen molar-refractivity contribution in [1.82, 2.24) is 15.2 Å². The highest BCUT2D eigenvalue weighted by Crippen LogP contribution is 2.26. The molecule has 21 heavy (non-hydrogen) atoms. The Morgan fingerprint density at radius 3 is 3.00 bits per heavy atom. The van der Waals surface area contributed by atoms with Gasteiger partial charge in [-0.1, -0.05) is 18.2 Å². The van der Waals surface area contributed by atoms with Gasteiger partial charge in [-0.15, -0.1) is 0 Å². The molecule has 0 aromatic heterocycles. The number of fused-ring (bicyclic) bond motifs is 1. The molecule has 1 aromatic carbocycles. The first-order chi connectivity index (χ1) is 10.2. The molecule has 0 aliphatic carbocycles. The number of nitrogen functional groups attached to an aromatic ring is 1. The van der Waals surface area contributed by atoms with Crippen LogP contribution in [0.1, 0.15) is 35.7 Å². The molecule has 5 nitrogen and oxygen atoms in total. The minimum absolute atomic E-state index is 0.210. The second kappa shape index (κ2) is 6.13. The van der Waals surface area contributed by atoms with Gasteiger partial charge < -0.3 is 0 Å². The van der Waals surface area contributed by atoms with Crippen LogP contribution in [0.15, 0.2) is 24.3 Å². The van der Waals surface area contributed by atoms with E-state index in [0.29, 0.717) is 17.6 Å². The van der Waals surface area contributed by atoms with Gasteiger partial charge in [0.1, 0.15) is 0 Å². The summed E-state index contributed by atoms with van der Waals surface area (Å²) in [6, 6.07) is 8.95. The highest BCUT2D eigenvalue weighted by molar-refractivity contribution is 5.95. The van der Waals surface area contributed by atoms with Crippen molar-refractivity contribution in [2.45, 2.75) is 38.4 Å². The lowest BCUT2D eigenvalue weighted by Gasteiger charge is -2.42. The zero-order chi connectivity index (χ0) is 14.8. The van der Waals surface area contributed by atoms with E-state index in [1.165, 1.54) is 19.4 Å². The third kappa shape index (κ3) is 2.95. The average Bonchev–Trinajstić information content (AvgIpc) is 2.94. The Labute approximate surface area is 126 Å². The van der Waals surface area contributed by atoms with Crippen molar-refractivity contribution in [3.8, 4) is 0 Å². The molecular weight excluding hydrogens is 264 g/mol. The van der Waals surface area contributed by atoms with Gasteiger partial charge in [0.15, 0.2) is 0 Å². The Balaban J connectivity index is 1.75. The van der Waals surface area contributed by atoms with E-state index in [1.807, 2.05) is 24.3 Å². The molecule has 1 aromatic rings. The number of hydrogen-bond acceptors (Lipinski definition) is 4. The van der Waals surface area contributed by atoms with E-state index in [0.717, 1.165) is 25.2 Å². The standard InChI is InChI=1S/C16H24N4O/c1-12-9-19-8-4-6-14(19)11-20(12)10-13-5-2-3-7-15(13)16(21)18-17/h2-3,5,7,12,14H,4,6,8-11,17H2,1H3,(H,18,21). The van der Waals surface area contributed by atoms with E-state index in [4.69, 9.17) is 5.84 Å². The summed E-state index contributed by atoms with van der Waals surface area (Å²) in [7, 11) is 0. The Hall–Kier alpha value is -1.43. The Kier molecular flexibility index (Phi) is 4.24. The van der Waals surface area contributed by atoms with Gasteiger partial charge in [-0.25, -0.2) is 5.84 Å². The number of rotatable bonds is 3. The zero-order valence-corrected chi connectivity index (χ0v) is 12.6. The monoisotopic (exact) mass is 288 g/mol. The van der Waals surface area contributed by atoms with Crippen LogP contribution in [-0.2, 0) is 6.54 Å². The van der Waals surface area contributed by atoms with Crippen LogP contribution in [0.2, 0.25) is 0 Å². The van der Waals surface area contributed by atoms with Gasteiger partial charge in [0, 0.05) is 37.3 Å². The minimum atomic E-state index is -0.210. The third-order valence-corrected chi connectivity index (χ3v) is 4.83. The highest BCUT2D eigenvalue weighted by atomic mass is 16.2. The number of amides is 1. The molecule has 2 aliphatic rings. The first-order valence-corrected chi connectivity index (χ1v) is 7.76. The quantitative estimate of drug-likeness (QED) is 0.494. The lowest BCUT2D eigenvalue weighted by Crippen LogP contribution is -2.54. The molecule has 2 aliphatic heterocycles. The molecule has 0 bridgehead atoms. The van der Waals surface area contributed by atoms with Crippen molar-refractivity contribution in [3.05, 3.63) is 35.4 Å². The van der Waals surface area contributed by atoms with E-state index in [9.17, 15) is 4.79 Å². The summed E-state index contributed by atoms with van der Waals surface area (Å²) in [4.78, 5) is 17.0. The van der Waals surface area contributed by atoms with Crippen LogP contribution in [0.3, 0.4) is 0 Å². The lowest BCUT2D eigenvalue weighted by molar-refractivity contribution is 0.0537. The number of benzene rings is 1. The molecule has 2 unspecified atom stereocenters. The fourth-order valence-corrected chi connectivity index (χ4v) is 3.64. The van der Waals surface area contributed by atoms with Gasteiger partial charge >= 0.3 is 0 Å². The smallest absolute Gasteiger partial charge is 0.265 e. The van der Waals surface area contributed by atoms with Crippen LogP contribution in [0.4, 0.5) is 0 Å². The third-order valence-electron chi connectivity index (χ3n) is 4.83. The molecular formula is C16H24N4O. The van der Waals surface area contributed by atoms with Crippen molar-refractivity contribution < 1.29 is 4.79 Å². The first-order valence-electron chi connectivity index (χ1n) is 7.76. The van der Waals surface area contributed by atoms with Gasteiger partial charge in [-0.3, -0.25) is 20.0 Å². The van der Waals surface area contributed by atoms with Crippen LogP contribution in [0.25, 0.3) is 0 Å². The summed E-state index contributed by atoms with van der Waals surface area (Å²) < 4.78 is 0. The fourth-order valence-electron chi connectivity index (χ4n) is 3.64. The summed E-state index contributed by atoms with van der Waals surface area (Å²) >= 11 is 0. The maximum atomic E-state index is 11.9. The number of hydrazine groups is 1. The Morgan fingerprint density at radius 2 is 2.19 bits per heavy atom. The summed E-state index contributed by atoms with van der Waals surface area (Å²) in [5.74, 6) is 5.07. The van der Waals surface area contributed by atoms with Gasteiger partial charge in [0.2, 0.25) is 0 Å². The number of hydrogen-bond donors (Lipinski definition) is 2. The molecule has 2 saturated heterocycles. The number of carbonyl (C=O) groups is 1. The summed E-state index contributed by atoms with van der Waals surface area (Å²) in [6.45, 7) is 6.57. The molecule has 0 saturated carbocycles. The molecule has 3 N–H and O–H groups in total. The van der Waals surface area contributed by atoms with Crippen LogP contribution < -0.4 is 11.3 Å². The van der Waals surface area contributed by atoms with Crippen molar-refractivity contribution in [1.29, 1.82) is 0 Å². The topological polar surface area (TPSA) is 61.6 Å². The fraction of sp³-hybridized carbons (Fsp3) is 0.562. The molecule has 5 heteroatoms. The van der Waals surface area contributed by atoms with E-state index in [2.05, 4.69) is 22.1 Å². The summed E-state index contributed by atoms with van der Waals surface area (Å²) in [5.41, 5.74) is 3.98. The van der Waals surface area contributed by atoms with Crippen molar-refractivity contribution in [2.75, 3.05) is 19.6 Å². The van der Waals surface area contributed by atoms with Gasteiger partial charge in [0.05, 0.1) is 0 Å². The van der Waals surface area contributed by atoms with Gasteiger partial charge in [-0.2, -0.15) is 0 Å². The molecule has 2 heterocycles. The van der Waals surface area contributed by atoms with Crippen LogP contribution in [0.5, 0.6) is 0 Å². The van der Waals surface area contributed by atoms with Crippen molar-refractivity contribution >= 4 is 5.91 Å². The van der Waals surface area contributed by atoms with Crippen molar-refractivity contribution in [3.63, 3.8) is 0 Å². The lowest BCUT2D eigenvalue weighted by atomic mass is 10.0. The highest BCUT2D eigenvalue weighted by Gasteiger charge is 2.34. The second-order valence-corrected chi connectivity index (χ2v) is 6.20. The molecule has 3 rings (SSSR count). The minimum Gasteiger partial charge on any atom is -0.298 e. The number of nitrogens with zero attached hydrogens (tertiary/aromatic N) is 2. The van der Waals surface area contributed by atoms with E-state index >= 15 is 0 Å². The van der Waals surface area contributed by atoms with Crippen LogP contribution in [0, 0.1) is 0 Å². The summed E-state index contributed by atoms with van der Waals surface area (Å²) in [6.07, 6.45) is 2.62. The predicted molar refractivity (Wildman–Crippen MR) is 82.6 cm³/mol. The van der Waals surface area contributed by atoms with Crippen molar-refractivity contribution in [2.24, 2.45) is 5.84 Å².